The van der Waals surface area contributed by atoms with Crippen molar-refractivity contribution >= 4 is 11.8 Å². The van der Waals surface area contributed by atoms with Crippen molar-refractivity contribution in [3.8, 4) is 0 Å². The maximum absolute atomic E-state index is 8.41. The summed E-state index contributed by atoms with van der Waals surface area (Å²) in [6.45, 7) is 3.17. The molecule has 0 aromatic heterocycles. The quantitative estimate of drug-likeness (QED) is 0.515. The first-order valence-corrected chi connectivity index (χ1v) is 5.90. The highest BCUT2D eigenvalue weighted by molar-refractivity contribution is 7.99. The van der Waals surface area contributed by atoms with Crippen molar-refractivity contribution in [3.05, 3.63) is 0 Å². The van der Waals surface area contributed by atoms with Crippen molar-refractivity contribution in [2.75, 3.05) is 58.3 Å². The van der Waals surface area contributed by atoms with E-state index >= 15 is 0 Å². The minimum absolute atomic E-state index is 0.0763. The molecule has 0 rings (SSSR count). The molecule has 0 saturated carbocycles. The van der Waals surface area contributed by atoms with Crippen LogP contribution in [0.3, 0.4) is 0 Å². The minimum Gasteiger partial charge on any atom is -0.394 e. The van der Waals surface area contributed by atoms with Crippen LogP contribution in [-0.4, -0.2) is 63.4 Å². The summed E-state index contributed by atoms with van der Waals surface area (Å²) in [5.41, 5.74) is 0. The molecule has 0 radical (unpaired) electrons. The molecule has 4 nitrogen and oxygen atoms in total. The lowest BCUT2D eigenvalue weighted by molar-refractivity contribution is 0.0377. The van der Waals surface area contributed by atoms with Crippen LogP contribution >= 0.6 is 11.8 Å². The van der Waals surface area contributed by atoms with Gasteiger partial charge in [0.15, 0.2) is 0 Å². The van der Waals surface area contributed by atoms with Crippen molar-refractivity contribution in [2.24, 2.45) is 0 Å². The molecule has 0 aliphatic heterocycles. The molecule has 5 heteroatoms. The Morgan fingerprint density at radius 2 is 1.57 bits per heavy atom. The van der Waals surface area contributed by atoms with E-state index in [9.17, 15) is 0 Å². The third kappa shape index (κ3) is 12.2. The summed E-state index contributed by atoms with van der Waals surface area (Å²) in [6.07, 6.45) is 0. The zero-order chi connectivity index (χ0) is 10.5. The summed E-state index contributed by atoms with van der Waals surface area (Å²) >= 11 is 1.82. The molecule has 0 unspecified atom stereocenters. The highest BCUT2D eigenvalue weighted by atomic mass is 32.2. The molecule has 0 atom stereocenters. The van der Waals surface area contributed by atoms with E-state index in [0.717, 1.165) is 24.7 Å². The van der Waals surface area contributed by atoms with Crippen molar-refractivity contribution < 1.29 is 19.3 Å². The molecule has 14 heavy (non-hydrogen) atoms. The highest BCUT2D eigenvalue weighted by Gasteiger charge is 1.91. The van der Waals surface area contributed by atoms with Crippen molar-refractivity contribution in [1.29, 1.82) is 0 Å². The Morgan fingerprint density at radius 3 is 2.21 bits per heavy atom. The summed E-state index contributed by atoms with van der Waals surface area (Å²) in [5.74, 6) is 2.00. The molecular formula is C9H20O4S. The topological polar surface area (TPSA) is 47.9 Å². The summed E-state index contributed by atoms with van der Waals surface area (Å²) in [4.78, 5) is 0. The summed E-state index contributed by atoms with van der Waals surface area (Å²) in [7, 11) is 1.70. The first-order chi connectivity index (χ1) is 6.91. The molecule has 86 valence electrons. The fraction of sp³-hybridized carbons (Fsp3) is 1.00. The number of ether oxygens (including phenoxy) is 3. The zero-order valence-electron chi connectivity index (χ0n) is 8.74. The van der Waals surface area contributed by atoms with Crippen LogP contribution in [0.25, 0.3) is 0 Å². The van der Waals surface area contributed by atoms with E-state index in [-0.39, 0.29) is 6.61 Å². The fourth-order valence-corrected chi connectivity index (χ4v) is 1.47. The van der Waals surface area contributed by atoms with Crippen LogP contribution in [-0.2, 0) is 14.2 Å². The van der Waals surface area contributed by atoms with Crippen LogP contribution in [0.15, 0.2) is 0 Å². The van der Waals surface area contributed by atoms with Gasteiger partial charge in [0.2, 0.25) is 0 Å². The molecule has 0 spiro atoms. The second-order valence-electron chi connectivity index (χ2n) is 2.55. The molecule has 0 aliphatic rings. The van der Waals surface area contributed by atoms with Gasteiger partial charge < -0.3 is 19.3 Å². The Bertz CT molecular complexity index is 90.8. The molecular weight excluding hydrogens is 204 g/mol. The Kier molecular flexibility index (Phi) is 13.4. The molecule has 0 aromatic carbocycles. The third-order valence-corrected chi connectivity index (χ3v) is 2.32. The van der Waals surface area contributed by atoms with Gasteiger partial charge in [-0.15, -0.1) is 0 Å². The lowest BCUT2D eigenvalue weighted by Gasteiger charge is -2.04. The number of rotatable bonds is 11. The van der Waals surface area contributed by atoms with E-state index in [2.05, 4.69) is 0 Å². The normalized spacial score (nSPS) is 10.7. The van der Waals surface area contributed by atoms with Gasteiger partial charge in [0.05, 0.1) is 39.6 Å². The lowest BCUT2D eigenvalue weighted by atomic mass is 10.7. The van der Waals surface area contributed by atoms with Crippen LogP contribution < -0.4 is 0 Å². The van der Waals surface area contributed by atoms with Crippen molar-refractivity contribution in [1.82, 2.24) is 0 Å². The molecule has 0 heterocycles. The third-order valence-electron chi connectivity index (χ3n) is 1.41. The van der Waals surface area contributed by atoms with Crippen LogP contribution in [0, 0.1) is 0 Å². The SMILES string of the molecule is COCCSCCOCCOCCO. The van der Waals surface area contributed by atoms with E-state index in [1.165, 1.54) is 0 Å². The van der Waals surface area contributed by atoms with Crippen molar-refractivity contribution in [2.45, 2.75) is 0 Å². The first-order valence-electron chi connectivity index (χ1n) is 4.75. The van der Waals surface area contributed by atoms with Crippen LogP contribution in [0.4, 0.5) is 0 Å². The maximum Gasteiger partial charge on any atom is 0.0701 e. The van der Waals surface area contributed by atoms with Crippen LogP contribution in [0.1, 0.15) is 0 Å². The average molecular weight is 224 g/mol. The summed E-state index contributed by atoms with van der Waals surface area (Å²) in [5, 5.41) is 8.41. The first kappa shape index (κ1) is 14.2. The maximum atomic E-state index is 8.41. The number of aliphatic hydroxyl groups is 1. The monoisotopic (exact) mass is 224 g/mol. The van der Waals surface area contributed by atoms with Gasteiger partial charge in [-0.1, -0.05) is 0 Å². The van der Waals surface area contributed by atoms with E-state index in [4.69, 9.17) is 19.3 Å². The molecule has 0 aromatic rings. The van der Waals surface area contributed by atoms with Crippen LogP contribution in [0.2, 0.25) is 0 Å². The predicted octanol–water partition coefficient (Wildman–Crippen LogP) is 0.392. The van der Waals surface area contributed by atoms with Crippen molar-refractivity contribution in [3.63, 3.8) is 0 Å². The largest absolute Gasteiger partial charge is 0.394 e. The fourth-order valence-electron chi connectivity index (χ4n) is 0.749. The highest BCUT2D eigenvalue weighted by Crippen LogP contribution is 1.98. The van der Waals surface area contributed by atoms with E-state index in [1.54, 1.807) is 7.11 Å². The molecule has 0 amide bonds. The predicted molar refractivity (Wildman–Crippen MR) is 57.9 cm³/mol. The van der Waals surface area contributed by atoms with Gasteiger partial charge in [-0.3, -0.25) is 0 Å². The average Bonchev–Trinajstić information content (AvgIpc) is 2.21. The summed E-state index contributed by atoms with van der Waals surface area (Å²) in [6, 6.07) is 0. The number of hydrogen-bond acceptors (Lipinski definition) is 5. The Morgan fingerprint density at radius 1 is 0.929 bits per heavy atom. The number of methoxy groups -OCH3 is 1. The molecule has 1 N–H and O–H groups in total. The molecule has 0 bridgehead atoms. The second kappa shape index (κ2) is 13.2. The van der Waals surface area contributed by atoms with Gasteiger partial charge in [-0.05, 0) is 0 Å². The lowest BCUT2D eigenvalue weighted by Crippen LogP contribution is -2.09. The van der Waals surface area contributed by atoms with Crippen LogP contribution in [0.5, 0.6) is 0 Å². The summed E-state index contributed by atoms with van der Waals surface area (Å²) < 4.78 is 15.2. The van der Waals surface area contributed by atoms with Gasteiger partial charge in [0.1, 0.15) is 0 Å². The van der Waals surface area contributed by atoms with E-state index in [0.29, 0.717) is 19.8 Å². The molecule has 0 aliphatic carbocycles. The molecule has 0 saturated heterocycles. The van der Waals surface area contributed by atoms with Gasteiger partial charge in [0, 0.05) is 18.6 Å². The van der Waals surface area contributed by atoms with Gasteiger partial charge in [-0.2, -0.15) is 11.8 Å². The van der Waals surface area contributed by atoms with Gasteiger partial charge in [-0.25, -0.2) is 0 Å². The smallest absolute Gasteiger partial charge is 0.0701 e. The van der Waals surface area contributed by atoms with E-state index < -0.39 is 0 Å². The standard InChI is InChI=1S/C9H20O4S/c1-11-6-8-14-9-7-13-5-4-12-3-2-10/h10H,2-9H2,1H3. The zero-order valence-corrected chi connectivity index (χ0v) is 9.55. The van der Waals surface area contributed by atoms with Gasteiger partial charge >= 0.3 is 0 Å². The van der Waals surface area contributed by atoms with Gasteiger partial charge in [0.25, 0.3) is 0 Å². The Hall–Kier alpha value is 0.190. The number of hydrogen-bond donors (Lipinski definition) is 1. The van der Waals surface area contributed by atoms with E-state index in [1.807, 2.05) is 11.8 Å². The minimum atomic E-state index is 0.0763. The number of aliphatic hydroxyl groups excluding tert-OH is 1. The second-order valence-corrected chi connectivity index (χ2v) is 3.78. The molecule has 0 fully saturated rings. The number of thioether (sulfide) groups is 1. The Labute approximate surface area is 89.9 Å². The Balaban J connectivity index is 2.78.